The van der Waals surface area contributed by atoms with Gasteiger partial charge in [-0.15, -0.1) is 0 Å². The number of carbonyl (C=O) groups is 1. The van der Waals surface area contributed by atoms with Crippen LogP contribution in [0.2, 0.25) is 0 Å². The summed E-state index contributed by atoms with van der Waals surface area (Å²) in [6.07, 6.45) is -4.55. The zero-order valence-corrected chi connectivity index (χ0v) is 17.6. The summed E-state index contributed by atoms with van der Waals surface area (Å²) in [5, 5.41) is -0.243. The Labute approximate surface area is 181 Å². The highest BCUT2D eigenvalue weighted by molar-refractivity contribution is 8.16. The summed E-state index contributed by atoms with van der Waals surface area (Å²) < 4.78 is 69.1. The number of amides is 1. The Morgan fingerprint density at radius 3 is 2.58 bits per heavy atom. The van der Waals surface area contributed by atoms with E-state index in [-0.39, 0.29) is 29.0 Å². The summed E-state index contributed by atoms with van der Waals surface area (Å²) in [7, 11) is -3.33. The maximum Gasteiger partial charge on any atom is 0.416 e. The number of benzene rings is 2. The van der Waals surface area contributed by atoms with Gasteiger partial charge in [0, 0.05) is 10.9 Å². The molecule has 164 valence electrons. The minimum atomic E-state index is -4.55. The molecule has 0 N–H and O–H groups in total. The van der Waals surface area contributed by atoms with E-state index >= 15 is 0 Å². The molecule has 6 nitrogen and oxygen atoms in total. The highest BCUT2D eigenvalue weighted by Crippen LogP contribution is 2.42. The van der Waals surface area contributed by atoms with Crippen LogP contribution < -0.4 is 9.64 Å². The van der Waals surface area contributed by atoms with Gasteiger partial charge in [0.25, 0.3) is 5.91 Å². The Bertz CT molecular complexity index is 1120. The highest BCUT2D eigenvalue weighted by atomic mass is 32.2. The van der Waals surface area contributed by atoms with Gasteiger partial charge in [0.15, 0.2) is 21.6 Å². The quantitative estimate of drug-likeness (QED) is 0.682. The average molecular weight is 470 g/mol. The number of alkyl halides is 3. The Balaban J connectivity index is 1.62. The number of anilines is 1. The first-order valence-corrected chi connectivity index (χ1v) is 12.0. The summed E-state index contributed by atoms with van der Waals surface area (Å²) in [6.45, 7) is -0.349. The number of amidine groups is 1. The second-order valence-corrected chi connectivity index (χ2v) is 10.5. The molecule has 0 spiro atoms. The van der Waals surface area contributed by atoms with Gasteiger partial charge in [-0.25, -0.2) is 8.42 Å². The second-order valence-electron chi connectivity index (χ2n) is 7.11. The largest absolute Gasteiger partial charge is 0.484 e. The molecule has 2 atom stereocenters. The normalized spacial score (nSPS) is 23.7. The molecule has 2 fully saturated rings. The van der Waals surface area contributed by atoms with Crippen molar-refractivity contribution in [2.75, 3.05) is 23.0 Å². The molecule has 2 aliphatic heterocycles. The zero-order valence-electron chi connectivity index (χ0n) is 15.9. The summed E-state index contributed by atoms with van der Waals surface area (Å²) in [5.74, 6) is -0.473. The molecule has 2 aliphatic rings. The smallest absolute Gasteiger partial charge is 0.416 e. The van der Waals surface area contributed by atoms with Crippen molar-refractivity contribution in [2.45, 2.75) is 17.5 Å². The SMILES string of the molecule is O=C(COc1ccccc1)N=C1S[C@@H]2CS(=O)(=O)C[C@@H]2N1c1cccc(C(F)(F)F)c1. The number of hydrogen-bond donors (Lipinski definition) is 0. The first-order chi connectivity index (χ1) is 14.6. The lowest BCUT2D eigenvalue weighted by Gasteiger charge is -2.25. The van der Waals surface area contributed by atoms with E-state index in [1.54, 1.807) is 30.3 Å². The van der Waals surface area contributed by atoms with E-state index in [0.717, 1.165) is 23.9 Å². The molecule has 0 unspecified atom stereocenters. The molecule has 2 heterocycles. The maximum absolute atomic E-state index is 13.2. The van der Waals surface area contributed by atoms with Crippen LogP contribution in [-0.2, 0) is 20.8 Å². The minimum absolute atomic E-state index is 0.120. The van der Waals surface area contributed by atoms with Gasteiger partial charge in [0.1, 0.15) is 5.75 Å². The van der Waals surface area contributed by atoms with Crippen LogP contribution in [0, 0.1) is 0 Å². The van der Waals surface area contributed by atoms with Gasteiger partial charge >= 0.3 is 6.18 Å². The first kappa shape index (κ1) is 21.7. The van der Waals surface area contributed by atoms with Gasteiger partial charge in [0.05, 0.1) is 23.1 Å². The van der Waals surface area contributed by atoms with Crippen molar-refractivity contribution >= 4 is 38.4 Å². The number of para-hydroxylation sites is 1. The van der Waals surface area contributed by atoms with E-state index < -0.39 is 38.8 Å². The van der Waals surface area contributed by atoms with Crippen molar-refractivity contribution < 1.29 is 31.1 Å². The lowest BCUT2D eigenvalue weighted by Crippen LogP contribution is -2.38. The number of fused-ring (bicyclic) bond motifs is 1. The molecule has 0 saturated carbocycles. The number of thioether (sulfide) groups is 1. The lowest BCUT2D eigenvalue weighted by atomic mass is 10.1. The van der Waals surface area contributed by atoms with Crippen LogP contribution in [0.1, 0.15) is 5.56 Å². The summed E-state index contributed by atoms with van der Waals surface area (Å²) in [4.78, 5) is 17.8. The van der Waals surface area contributed by atoms with Gasteiger partial charge in [-0.05, 0) is 30.3 Å². The number of hydrogen-bond acceptors (Lipinski definition) is 5. The third kappa shape index (κ3) is 4.87. The predicted molar refractivity (Wildman–Crippen MR) is 112 cm³/mol. The van der Waals surface area contributed by atoms with Crippen LogP contribution in [0.5, 0.6) is 5.75 Å². The van der Waals surface area contributed by atoms with Crippen LogP contribution in [0.4, 0.5) is 18.9 Å². The third-order valence-corrected chi connectivity index (χ3v) is 8.05. The van der Waals surface area contributed by atoms with Crippen molar-refractivity contribution in [2.24, 2.45) is 4.99 Å². The van der Waals surface area contributed by atoms with Crippen LogP contribution in [0.3, 0.4) is 0 Å². The number of nitrogens with zero attached hydrogens (tertiary/aromatic N) is 2. The molecular weight excluding hydrogens is 453 g/mol. The maximum atomic E-state index is 13.2. The summed E-state index contributed by atoms with van der Waals surface area (Å²) in [6, 6.07) is 12.6. The Morgan fingerprint density at radius 2 is 1.87 bits per heavy atom. The van der Waals surface area contributed by atoms with E-state index in [2.05, 4.69) is 4.99 Å². The number of halogens is 3. The molecule has 2 aromatic carbocycles. The van der Waals surface area contributed by atoms with Gasteiger partial charge in [0.2, 0.25) is 0 Å². The molecule has 0 bridgehead atoms. The van der Waals surface area contributed by atoms with E-state index in [4.69, 9.17) is 4.74 Å². The minimum Gasteiger partial charge on any atom is -0.484 e. The zero-order chi connectivity index (χ0) is 22.2. The molecule has 4 rings (SSSR count). The molecule has 1 amide bonds. The number of ether oxygens (including phenoxy) is 1. The molecule has 0 radical (unpaired) electrons. The fourth-order valence-corrected chi connectivity index (χ4v) is 7.43. The Hall–Kier alpha value is -2.53. The first-order valence-electron chi connectivity index (χ1n) is 9.25. The molecular formula is C20H17F3N2O4S2. The predicted octanol–water partition coefficient (Wildman–Crippen LogP) is 3.39. The van der Waals surface area contributed by atoms with E-state index in [1.807, 2.05) is 0 Å². The van der Waals surface area contributed by atoms with Crippen molar-refractivity contribution in [1.29, 1.82) is 0 Å². The molecule has 0 aromatic heterocycles. The Kier molecular flexibility index (Phi) is 5.73. The molecule has 2 aromatic rings. The van der Waals surface area contributed by atoms with Crippen molar-refractivity contribution in [1.82, 2.24) is 0 Å². The molecule has 31 heavy (non-hydrogen) atoms. The van der Waals surface area contributed by atoms with Crippen molar-refractivity contribution in [3.05, 3.63) is 60.2 Å². The average Bonchev–Trinajstić information content (AvgIpc) is 3.17. The van der Waals surface area contributed by atoms with Crippen LogP contribution in [0.15, 0.2) is 59.6 Å². The summed E-state index contributed by atoms with van der Waals surface area (Å²) >= 11 is 1.09. The molecule has 11 heteroatoms. The van der Waals surface area contributed by atoms with Crippen LogP contribution >= 0.6 is 11.8 Å². The number of aliphatic imine (C=N–C) groups is 1. The Morgan fingerprint density at radius 1 is 1.13 bits per heavy atom. The third-order valence-electron chi connectivity index (χ3n) is 4.84. The molecule has 0 aliphatic carbocycles. The van der Waals surface area contributed by atoms with Crippen molar-refractivity contribution in [3.8, 4) is 5.75 Å². The lowest BCUT2D eigenvalue weighted by molar-refractivity contribution is -0.137. The van der Waals surface area contributed by atoms with Crippen LogP contribution in [0.25, 0.3) is 0 Å². The van der Waals surface area contributed by atoms with Gasteiger partial charge in [-0.1, -0.05) is 36.0 Å². The van der Waals surface area contributed by atoms with Gasteiger partial charge in [-0.2, -0.15) is 18.2 Å². The van der Waals surface area contributed by atoms with E-state index in [0.29, 0.717) is 5.75 Å². The van der Waals surface area contributed by atoms with Gasteiger partial charge in [-0.3, -0.25) is 4.79 Å². The number of sulfone groups is 1. The van der Waals surface area contributed by atoms with E-state index in [9.17, 15) is 26.4 Å². The van der Waals surface area contributed by atoms with Gasteiger partial charge < -0.3 is 9.64 Å². The van der Waals surface area contributed by atoms with Crippen LogP contribution in [-0.4, -0.2) is 48.9 Å². The standard InChI is InChI=1S/C20H17F3N2O4S2/c21-20(22,23)13-5-4-6-14(9-13)25-16-11-31(27,28)12-17(16)30-19(25)24-18(26)10-29-15-7-2-1-3-8-15/h1-9,16-17H,10-12H2/t16-,17+/m0/s1. The second kappa shape index (κ2) is 8.19. The fraction of sp³-hybridized carbons (Fsp3) is 0.300. The summed E-state index contributed by atoms with van der Waals surface area (Å²) in [5.41, 5.74) is -0.722. The van der Waals surface area contributed by atoms with E-state index in [1.165, 1.54) is 17.0 Å². The highest BCUT2D eigenvalue weighted by Gasteiger charge is 2.49. The monoisotopic (exact) mass is 470 g/mol. The molecule has 2 saturated heterocycles. The number of carbonyl (C=O) groups excluding carboxylic acids is 1. The fourth-order valence-electron chi connectivity index (χ4n) is 3.50. The van der Waals surface area contributed by atoms with Crippen molar-refractivity contribution in [3.63, 3.8) is 0 Å². The number of rotatable bonds is 4. The topological polar surface area (TPSA) is 76.0 Å².